The van der Waals surface area contributed by atoms with Gasteiger partial charge in [-0.25, -0.2) is 4.79 Å². The first kappa shape index (κ1) is 14.2. The summed E-state index contributed by atoms with van der Waals surface area (Å²) in [5.74, 6) is 0. The second-order valence-electron chi connectivity index (χ2n) is 5.02. The first-order valence-electron chi connectivity index (χ1n) is 7.18. The van der Waals surface area contributed by atoms with Gasteiger partial charge in [-0.15, -0.1) is 0 Å². The molecule has 22 heavy (non-hydrogen) atoms. The second-order valence-corrected chi connectivity index (χ2v) is 5.02. The summed E-state index contributed by atoms with van der Waals surface area (Å²) < 4.78 is 5.33. The van der Waals surface area contributed by atoms with E-state index in [0.717, 1.165) is 17.5 Å². The molecule has 0 saturated heterocycles. The van der Waals surface area contributed by atoms with Gasteiger partial charge in [-0.05, 0) is 31.2 Å². The Bertz CT molecular complexity index is 867. The van der Waals surface area contributed by atoms with Crippen molar-refractivity contribution in [1.29, 1.82) is 0 Å². The van der Waals surface area contributed by atoms with Crippen molar-refractivity contribution in [3.8, 4) is 0 Å². The molecule has 2 heterocycles. The van der Waals surface area contributed by atoms with Crippen molar-refractivity contribution in [2.24, 2.45) is 4.99 Å². The minimum atomic E-state index is -0.349. The molecule has 0 saturated carbocycles. The average molecular weight is 292 g/mol. The van der Waals surface area contributed by atoms with Crippen molar-refractivity contribution in [2.45, 2.75) is 13.3 Å². The highest BCUT2D eigenvalue weighted by molar-refractivity contribution is 6.00. The summed E-state index contributed by atoms with van der Waals surface area (Å²) in [4.78, 5) is 20.8. The molecule has 2 aromatic heterocycles. The van der Waals surface area contributed by atoms with Gasteiger partial charge in [0.2, 0.25) is 0 Å². The molecule has 1 aromatic carbocycles. The van der Waals surface area contributed by atoms with Gasteiger partial charge < -0.3 is 4.42 Å². The van der Waals surface area contributed by atoms with E-state index in [-0.39, 0.29) is 5.63 Å². The van der Waals surface area contributed by atoms with Gasteiger partial charge in [-0.3, -0.25) is 9.98 Å². The Balaban J connectivity index is 1.82. The number of fused-ring (bicyclic) bond motifs is 1. The summed E-state index contributed by atoms with van der Waals surface area (Å²) in [6.45, 7) is 2.43. The third kappa shape index (κ3) is 3.11. The number of rotatable bonds is 4. The summed E-state index contributed by atoms with van der Waals surface area (Å²) in [5, 5.41) is 0.899. The normalized spacial score (nSPS) is 11.8. The third-order valence-corrected chi connectivity index (χ3v) is 3.47. The maximum atomic E-state index is 12.0. The van der Waals surface area contributed by atoms with Gasteiger partial charge in [-0.2, -0.15) is 0 Å². The van der Waals surface area contributed by atoms with Crippen LogP contribution in [0.3, 0.4) is 0 Å². The Morgan fingerprint density at radius 1 is 1.18 bits per heavy atom. The van der Waals surface area contributed by atoms with Crippen LogP contribution in [0.1, 0.15) is 18.2 Å². The minimum absolute atomic E-state index is 0.349. The lowest BCUT2D eigenvalue weighted by atomic mass is 10.1. The van der Waals surface area contributed by atoms with E-state index in [1.54, 1.807) is 12.3 Å². The maximum Gasteiger partial charge on any atom is 0.345 e. The molecular formula is C18H16N2O2. The summed E-state index contributed by atoms with van der Waals surface area (Å²) in [6.07, 6.45) is 2.51. The van der Waals surface area contributed by atoms with Gasteiger partial charge in [0.05, 0.1) is 5.56 Å². The van der Waals surface area contributed by atoms with Crippen LogP contribution in [0, 0.1) is 0 Å². The van der Waals surface area contributed by atoms with Gasteiger partial charge in [0.1, 0.15) is 5.58 Å². The number of nitrogens with zero attached hydrogens (tertiary/aromatic N) is 2. The standard InChI is InChI=1S/C18H16N2O2/c1-13(19-11-9-15-7-4-5-10-20-15)16-12-14-6-2-3-8-17(14)22-18(16)21/h2-8,10,12H,9,11H2,1H3. The van der Waals surface area contributed by atoms with Crippen molar-refractivity contribution in [2.75, 3.05) is 6.54 Å². The van der Waals surface area contributed by atoms with Crippen molar-refractivity contribution in [1.82, 2.24) is 4.98 Å². The topological polar surface area (TPSA) is 55.5 Å². The van der Waals surface area contributed by atoms with Gasteiger partial charge >= 0.3 is 5.63 Å². The van der Waals surface area contributed by atoms with Crippen LogP contribution >= 0.6 is 0 Å². The van der Waals surface area contributed by atoms with Crippen LogP contribution in [-0.2, 0) is 6.42 Å². The SMILES string of the molecule is CC(=NCCc1ccccn1)c1cc2ccccc2oc1=O. The predicted octanol–water partition coefficient (Wildman–Crippen LogP) is 3.24. The van der Waals surface area contributed by atoms with Crippen LogP contribution in [0.25, 0.3) is 11.0 Å². The fourth-order valence-corrected chi connectivity index (χ4v) is 2.28. The van der Waals surface area contributed by atoms with Crippen LogP contribution in [0.2, 0.25) is 0 Å². The lowest BCUT2D eigenvalue weighted by molar-refractivity contribution is 0.559. The molecule has 3 rings (SSSR count). The molecule has 0 fully saturated rings. The van der Waals surface area contributed by atoms with Gasteiger partial charge in [0, 0.05) is 36.0 Å². The molecule has 4 nitrogen and oxygen atoms in total. The Morgan fingerprint density at radius 2 is 2.00 bits per heavy atom. The molecule has 110 valence electrons. The molecule has 0 bridgehead atoms. The molecule has 0 N–H and O–H groups in total. The lowest BCUT2D eigenvalue weighted by Crippen LogP contribution is -2.12. The van der Waals surface area contributed by atoms with Crippen LogP contribution in [-0.4, -0.2) is 17.2 Å². The molecule has 0 aliphatic rings. The number of hydrogen-bond donors (Lipinski definition) is 0. The van der Waals surface area contributed by atoms with E-state index in [0.29, 0.717) is 23.4 Å². The monoisotopic (exact) mass is 292 g/mol. The molecular weight excluding hydrogens is 276 g/mol. The lowest BCUT2D eigenvalue weighted by Gasteiger charge is -2.02. The molecule has 0 amide bonds. The summed E-state index contributed by atoms with van der Waals surface area (Å²) in [5.41, 5.74) is 2.44. The van der Waals surface area contributed by atoms with Gasteiger partial charge in [0.25, 0.3) is 0 Å². The van der Waals surface area contributed by atoms with Crippen LogP contribution in [0.4, 0.5) is 0 Å². The van der Waals surface area contributed by atoms with E-state index < -0.39 is 0 Å². The Kier molecular flexibility index (Phi) is 4.10. The van der Waals surface area contributed by atoms with Crippen molar-refractivity contribution in [3.05, 3.63) is 76.4 Å². The zero-order valence-corrected chi connectivity index (χ0v) is 12.3. The first-order valence-corrected chi connectivity index (χ1v) is 7.18. The van der Waals surface area contributed by atoms with E-state index in [1.165, 1.54) is 0 Å². The van der Waals surface area contributed by atoms with E-state index in [1.807, 2.05) is 49.4 Å². The van der Waals surface area contributed by atoms with Gasteiger partial charge in [0.15, 0.2) is 0 Å². The number of aromatic nitrogens is 1. The van der Waals surface area contributed by atoms with Gasteiger partial charge in [-0.1, -0.05) is 24.3 Å². The molecule has 4 heteroatoms. The molecule has 0 unspecified atom stereocenters. The predicted molar refractivity (Wildman–Crippen MR) is 87.5 cm³/mol. The van der Waals surface area contributed by atoms with E-state index in [9.17, 15) is 4.79 Å². The number of aliphatic imine (C=N–C) groups is 1. The molecule has 0 aliphatic carbocycles. The highest BCUT2D eigenvalue weighted by atomic mass is 16.4. The number of hydrogen-bond acceptors (Lipinski definition) is 4. The molecule has 0 aliphatic heterocycles. The van der Waals surface area contributed by atoms with E-state index >= 15 is 0 Å². The number of para-hydroxylation sites is 1. The van der Waals surface area contributed by atoms with Crippen molar-refractivity contribution in [3.63, 3.8) is 0 Å². The summed E-state index contributed by atoms with van der Waals surface area (Å²) >= 11 is 0. The van der Waals surface area contributed by atoms with Crippen LogP contribution in [0.15, 0.2) is 68.9 Å². The number of benzene rings is 1. The highest BCUT2D eigenvalue weighted by Crippen LogP contribution is 2.13. The minimum Gasteiger partial charge on any atom is -0.422 e. The largest absolute Gasteiger partial charge is 0.422 e. The zero-order valence-electron chi connectivity index (χ0n) is 12.3. The molecule has 0 radical (unpaired) electrons. The summed E-state index contributed by atoms with van der Waals surface area (Å²) in [6, 6.07) is 15.1. The van der Waals surface area contributed by atoms with Crippen molar-refractivity contribution < 1.29 is 4.42 Å². The summed E-state index contributed by atoms with van der Waals surface area (Å²) in [7, 11) is 0. The Morgan fingerprint density at radius 3 is 2.82 bits per heavy atom. The highest BCUT2D eigenvalue weighted by Gasteiger charge is 2.07. The fourth-order valence-electron chi connectivity index (χ4n) is 2.28. The Labute approximate surface area is 128 Å². The maximum absolute atomic E-state index is 12.0. The molecule has 3 aromatic rings. The quantitative estimate of drug-likeness (QED) is 0.548. The first-order chi connectivity index (χ1) is 10.7. The van der Waals surface area contributed by atoms with Crippen LogP contribution in [0.5, 0.6) is 0 Å². The third-order valence-electron chi connectivity index (χ3n) is 3.47. The number of pyridine rings is 1. The Hall–Kier alpha value is -2.75. The van der Waals surface area contributed by atoms with E-state index in [2.05, 4.69) is 9.98 Å². The molecule has 0 spiro atoms. The molecule has 0 atom stereocenters. The zero-order chi connectivity index (χ0) is 15.4. The second kappa shape index (κ2) is 6.35. The fraction of sp³-hybridized carbons (Fsp3) is 0.167. The van der Waals surface area contributed by atoms with Crippen LogP contribution < -0.4 is 5.63 Å². The van der Waals surface area contributed by atoms with E-state index in [4.69, 9.17) is 4.42 Å². The smallest absolute Gasteiger partial charge is 0.345 e. The van der Waals surface area contributed by atoms with Crippen molar-refractivity contribution >= 4 is 16.7 Å². The average Bonchev–Trinajstić information content (AvgIpc) is 2.55.